The third-order valence-electron chi connectivity index (χ3n) is 8.60. The fourth-order valence-electron chi connectivity index (χ4n) is 5.72. The highest BCUT2D eigenvalue weighted by Crippen LogP contribution is 2.32. The number of hydrogen-bond donors (Lipinski definition) is 4. The van der Waals surface area contributed by atoms with Gasteiger partial charge in [-0.2, -0.15) is 13.2 Å². The predicted molar refractivity (Wildman–Crippen MR) is 207 cm³/mol. The molecule has 0 aliphatic carbocycles. The first-order chi connectivity index (χ1) is 28.4. The lowest BCUT2D eigenvalue weighted by atomic mass is 10.0. The molecule has 0 saturated heterocycles. The van der Waals surface area contributed by atoms with Gasteiger partial charge in [0, 0.05) is 0 Å². The van der Waals surface area contributed by atoms with Crippen LogP contribution in [0.4, 0.5) is 42.1 Å². The number of aryl methyl sites for hydroxylation is 1. The maximum atomic E-state index is 14.6. The molecule has 0 aliphatic rings. The van der Waals surface area contributed by atoms with Gasteiger partial charge in [-0.15, -0.1) is 0 Å². The van der Waals surface area contributed by atoms with Crippen LogP contribution in [0.3, 0.4) is 0 Å². The fourth-order valence-corrected chi connectivity index (χ4v) is 5.72. The van der Waals surface area contributed by atoms with Gasteiger partial charge in [-0.05, 0) is 94.9 Å². The van der Waals surface area contributed by atoms with E-state index in [-0.39, 0.29) is 39.1 Å². The van der Waals surface area contributed by atoms with Crippen molar-refractivity contribution in [3.8, 4) is 28.0 Å². The molecule has 2 amide bonds. The minimum atomic E-state index is -4.55. The summed E-state index contributed by atoms with van der Waals surface area (Å²) in [5.74, 6) is -9.00. The first kappa shape index (κ1) is 43.6. The lowest BCUT2D eigenvalue weighted by molar-refractivity contribution is -0.153. The van der Waals surface area contributed by atoms with Crippen molar-refractivity contribution >= 4 is 35.1 Å². The molecule has 16 heteroatoms. The van der Waals surface area contributed by atoms with Crippen molar-refractivity contribution in [1.82, 2.24) is 0 Å². The first-order valence-corrected chi connectivity index (χ1v) is 17.6. The van der Waals surface area contributed by atoms with Crippen molar-refractivity contribution in [3.05, 3.63) is 172 Å². The van der Waals surface area contributed by atoms with Crippen LogP contribution in [0, 0.1) is 23.3 Å². The number of carboxylic acids is 2. The Morgan fingerprint density at radius 2 is 0.933 bits per heavy atom. The van der Waals surface area contributed by atoms with Crippen molar-refractivity contribution in [1.29, 1.82) is 0 Å². The molecule has 6 aromatic rings. The summed E-state index contributed by atoms with van der Waals surface area (Å²) in [6.45, 7) is 0.454. The van der Waals surface area contributed by atoms with E-state index in [2.05, 4.69) is 10.1 Å². The Hall–Kier alpha value is -7.49. The number of halogens is 7. The third kappa shape index (κ3) is 10.9. The SMILES string of the molecule is CCc1cccc(-c2cc(F)c(NC(=O)c3ccccc3C(=O)O)c(F)c2)c1.O=C(O)c1ccccc1C(=O)Nc1c(F)cc(-c2cccc(OCC(F)(F)F)c2)cc1F. The number of nitrogens with one attached hydrogen (secondary N) is 2. The number of carbonyl (C=O) groups is 4. The largest absolute Gasteiger partial charge is 0.484 e. The Labute approximate surface area is 336 Å². The molecule has 4 N–H and O–H groups in total. The summed E-state index contributed by atoms with van der Waals surface area (Å²) in [4.78, 5) is 47.2. The van der Waals surface area contributed by atoms with E-state index in [9.17, 15) is 49.9 Å². The number of anilines is 2. The van der Waals surface area contributed by atoms with Crippen LogP contribution in [-0.4, -0.2) is 46.7 Å². The van der Waals surface area contributed by atoms with Crippen LogP contribution >= 0.6 is 0 Å². The maximum Gasteiger partial charge on any atom is 0.422 e. The van der Waals surface area contributed by atoms with Gasteiger partial charge in [-0.25, -0.2) is 27.2 Å². The van der Waals surface area contributed by atoms with Gasteiger partial charge < -0.3 is 25.6 Å². The second-order valence-electron chi connectivity index (χ2n) is 12.7. The van der Waals surface area contributed by atoms with Crippen LogP contribution in [0.2, 0.25) is 0 Å². The molecular weight excluding hydrogens is 801 g/mol. The molecule has 0 saturated carbocycles. The molecule has 0 aliphatic heterocycles. The number of hydrogen-bond acceptors (Lipinski definition) is 5. The molecule has 0 fully saturated rings. The number of rotatable bonds is 11. The van der Waals surface area contributed by atoms with Crippen LogP contribution in [0.1, 0.15) is 53.9 Å². The van der Waals surface area contributed by atoms with E-state index in [1.165, 1.54) is 72.8 Å². The van der Waals surface area contributed by atoms with Crippen molar-refractivity contribution in [3.63, 3.8) is 0 Å². The van der Waals surface area contributed by atoms with Gasteiger partial charge in [0.2, 0.25) is 0 Å². The topological polar surface area (TPSA) is 142 Å². The number of amides is 2. The Kier molecular flexibility index (Phi) is 13.7. The van der Waals surface area contributed by atoms with Crippen LogP contribution in [0.25, 0.3) is 22.3 Å². The molecule has 60 heavy (non-hydrogen) atoms. The highest BCUT2D eigenvalue weighted by molar-refractivity contribution is 6.11. The van der Waals surface area contributed by atoms with E-state index in [4.69, 9.17) is 10.2 Å². The maximum absolute atomic E-state index is 14.6. The normalized spacial score (nSPS) is 10.9. The Balaban J connectivity index is 0.000000230. The van der Waals surface area contributed by atoms with E-state index in [0.29, 0.717) is 11.1 Å². The number of alkyl halides is 3. The van der Waals surface area contributed by atoms with Gasteiger partial charge >= 0.3 is 18.1 Å². The lowest BCUT2D eigenvalue weighted by Crippen LogP contribution is -2.19. The Morgan fingerprint density at radius 3 is 1.33 bits per heavy atom. The van der Waals surface area contributed by atoms with E-state index in [0.717, 1.165) is 36.2 Å². The number of carbonyl (C=O) groups excluding carboxylic acids is 2. The van der Waals surface area contributed by atoms with Crippen molar-refractivity contribution < 1.29 is 64.9 Å². The highest BCUT2D eigenvalue weighted by Gasteiger charge is 2.28. The van der Waals surface area contributed by atoms with Gasteiger partial charge in [-0.3, -0.25) is 9.59 Å². The smallest absolute Gasteiger partial charge is 0.422 e. The summed E-state index contributed by atoms with van der Waals surface area (Å²) in [6.07, 6.45) is -3.76. The van der Waals surface area contributed by atoms with Gasteiger partial charge in [-0.1, -0.05) is 67.6 Å². The first-order valence-electron chi connectivity index (χ1n) is 17.6. The van der Waals surface area contributed by atoms with E-state index in [1.807, 2.05) is 30.4 Å². The Bertz CT molecular complexity index is 2550. The number of carboxylic acid groups (broad SMARTS) is 2. The third-order valence-corrected chi connectivity index (χ3v) is 8.60. The van der Waals surface area contributed by atoms with Crippen LogP contribution in [-0.2, 0) is 6.42 Å². The van der Waals surface area contributed by atoms with E-state index >= 15 is 0 Å². The number of ether oxygens (including phenoxy) is 1. The molecule has 0 bridgehead atoms. The fraction of sp³-hybridized carbons (Fsp3) is 0.0909. The van der Waals surface area contributed by atoms with Crippen LogP contribution in [0.15, 0.2) is 121 Å². The Morgan fingerprint density at radius 1 is 0.533 bits per heavy atom. The lowest BCUT2D eigenvalue weighted by Gasteiger charge is -2.13. The van der Waals surface area contributed by atoms with Crippen molar-refractivity contribution in [2.45, 2.75) is 19.5 Å². The summed E-state index contributed by atoms with van der Waals surface area (Å²) in [5, 5.41) is 22.5. The average molecular weight is 833 g/mol. The van der Waals surface area contributed by atoms with Crippen LogP contribution < -0.4 is 15.4 Å². The molecule has 0 atom stereocenters. The minimum absolute atomic E-state index is 0.0126. The standard InChI is InChI=1S/C22H14F5NO4.C22H17F2NO3/c23-17-9-13(12-4-3-5-14(8-12)32-11-22(25,26)27)10-18(24)19(17)28-20(29)15-6-1-2-7-16(15)21(30)31;1-2-13-6-5-7-14(10-13)15-11-18(23)20(19(24)12-15)25-21(26)16-8-3-4-9-17(16)22(27)28/h1-10H,11H2,(H,28,29)(H,30,31);3-12H,2H2,1H3,(H,25,26)(H,27,28). The zero-order valence-corrected chi connectivity index (χ0v) is 31.0. The van der Waals surface area contributed by atoms with Gasteiger partial charge in [0.15, 0.2) is 6.61 Å². The molecular formula is C44H31F7N2O7. The molecule has 9 nitrogen and oxygen atoms in total. The van der Waals surface area contributed by atoms with E-state index < -0.39 is 71.2 Å². The van der Waals surface area contributed by atoms with Crippen molar-refractivity contribution in [2.24, 2.45) is 0 Å². The van der Waals surface area contributed by atoms with Gasteiger partial charge in [0.05, 0.1) is 22.3 Å². The molecule has 6 aromatic carbocycles. The summed E-state index contributed by atoms with van der Waals surface area (Å²) < 4.78 is 99.8. The molecule has 0 aromatic heterocycles. The number of benzene rings is 6. The summed E-state index contributed by atoms with van der Waals surface area (Å²) >= 11 is 0. The second-order valence-corrected chi connectivity index (χ2v) is 12.7. The quantitative estimate of drug-likeness (QED) is 0.0952. The molecule has 0 heterocycles. The predicted octanol–water partition coefficient (Wildman–Crippen LogP) is 10.7. The monoisotopic (exact) mass is 832 g/mol. The molecule has 0 radical (unpaired) electrons. The zero-order valence-electron chi connectivity index (χ0n) is 31.0. The highest BCUT2D eigenvalue weighted by atomic mass is 19.4. The molecule has 0 spiro atoms. The second kappa shape index (κ2) is 18.8. The van der Waals surface area contributed by atoms with Gasteiger partial charge in [0.25, 0.3) is 11.8 Å². The molecule has 6 rings (SSSR count). The average Bonchev–Trinajstić information content (AvgIpc) is 3.22. The summed E-state index contributed by atoms with van der Waals surface area (Å²) in [6, 6.07) is 27.2. The summed E-state index contributed by atoms with van der Waals surface area (Å²) in [7, 11) is 0. The van der Waals surface area contributed by atoms with Crippen LogP contribution in [0.5, 0.6) is 5.75 Å². The molecule has 0 unspecified atom stereocenters. The summed E-state index contributed by atoms with van der Waals surface area (Å²) in [5.41, 5.74) is -0.318. The minimum Gasteiger partial charge on any atom is -0.484 e. The van der Waals surface area contributed by atoms with Gasteiger partial charge in [0.1, 0.15) is 40.4 Å². The zero-order chi connectivity index (χ0) is 43.7. The molecule has 308 valence electrons. The number of aromatic carboxylic acids is 2. The van der Waals surface area contributed by atoms with Crippen molar-refractivity contribution in [2.75, 3.05) is 17.2 Å². The van der Waals surface area contributed by atoms with E-state index in [1.54, 1.807) is 6.07 Å².